The summed E-state index contributed by atoms with van der Waals surface area (Å²) in [7, 11) is -3.16. The number of rotatable bonds is 7. The number of carboxylic acid groups (broad SMARTS) is 1. The third kappa shape index (κ3) is 4.36. The van der Waals surface area contributed by atoms with Crippen LogP contribution in [0.1, 0.15) is 0 Å². The summed E-state index contributed by atoms with van der Waals surface area (Å²) in [5, 5.41) is 19.3. The largest absolute Gasteiger partial charge is 0.480 e. The summed E-state index contributed by atoms with van der Waals surface area (Å²) in [6.07, 6.45) is 0. The quantitative estimate of drug-likeness (QED) is 0.549. The first-order valence-electron chi connectivity index (χ1n) is 5.37. The first kappa shape index (κ1) is 17.3. The fraction of sp³-hybridized carbons (Fsp3) is 0.300. The van der Waals surface area contributed by atoms with Gasteiger partial charge in [-0.05, 0) is 6.07 Å². The molecule has 0 aliphatic heterocycles. The topological polar surface area (TPSA) is 136 Å². The number of non-ortho nitro benzene ring substituents is 1. The molecule has 0 spiro atoms. The molecular formula is C10H11ClN2O7S. The van der Waals surface area contributed by atoms with Crippen molar-refractivity contribution in [1.82, 2.24) is 4.72 Å². The van der Waals surface area contributed by atoms with Crippen molar-refractivity contribution in [3.8, 4) is 0 Å². The van der Waals surface area contributed by atoms with E-state index in [1.807, 2.05) is 4.72 Å². The Bertz CT molecular complexity index is 661. The van der Waals surface area contributed by atoms with Crippen LogP contribution in [-0.2, 0) is 19.6 Å². The van der Waals surface area contributed by atoms with Crippen LogP contribution in [-0.4, -0.2) is 44.2 Å². The van der Waals surface area contributed by atoms with Gasteiger partial charge in [0.2, 0.25) is 10.0 Å². The molecule has 0 amide bonds. The van der Waals surface area contributed by atoms with Crippen molar-refractivity contribution >= 4 is 33.3 Å². The van der Waals surface area contributed by atoms with Gasteiger partial charge >= 0.3 is 5.97 Å². The molecule has 1 aromatic rings. The Morgan fingerprint density at radius 3 is 2.67 bits per heavy atom. The fourth-order valence-corrected chi connectivity index (χ4v) is 3.08. The number of sulfonamides is 1. The summed E-state index contributed by atoms with van der Waals surface area (Å²) in [6.45, 7) is -0.416. The molecule has 0 fully saturated rings. The molecule has 2 N–H and O–H groups in total. The van der Waals surface area contributed by atoms with Crippen LogP contribution < -0.4 is 4.72 Å². The summed E-state index contributed by atoms with van der Waals surface area (Å²) in [4.78, 5) is 20.2. The summed E-state index contributed by atoms with van der Waals surface area (Å²) >= 11 is 5.71. The maximum atomic E-state index is 12.1. The number of nitrogens with one attached hydrogen (secondary N) is 1. The van der Waals surface area contributed by atoms with E-state index in [1.165, 1.54) is 7.11 Å². The number of hydrogen-bond acceptors (Lipinski definition) is 6. The van der Waals surface area contributed by atoms with Crippen molar-refractivity contribution in [2.75, 3.05) is 13.7 Å². The number of aliphatic carboxylic acids is 1. The lowest BCUT2D eigenvalue weighted by Crippen LogP contribution is -2.43. The molecule has 21 heavy (non-hydrogen) atoms. The lowest BCUT2D eigenvalue weighted by molar-refractivity contribution is -0.385. The van der Waals surface area contributed by atoms with Gasteiger partial charge in [-0.3, -0.25) is 14.9 Å². The minimum absolute atomic E-state index is 0.269. The number of carbonyl (C=O) groups is 1. The summed E-state index contributed by atoms with van der Waals surface area (Å²) < 4.78 is 30.6. The van der Waals surface area contributed by atoms with Gasteiger partial charge in [0.1, 0.15) is 10.9 Å². The summed E-state index contributed by atoms with van der Waals surface area (Å²) in [6, 6.07) is 1.28. The molecule has 0 bridgehead atoms. The number of nitro benzene ring substituents is 1. The Labute approximate surface area is 124 Å². The van der Waals surface area contributed by atoms with Gasteiger partial charge in [0, 0.05) is 19.2 Å². The number of nitro groups is 1. The molecular weight excluding hydrogens is 328 g/mol. The lowest BCUT2D eigenvalue weighted by atomic mass is 10.3. The first-order chi connectivity index (χ1) is 9.69. The number of ether oxygens (including phenoxy) is 1. The minimum atomic E-state index is -4.36. The molecule has 1 rings (SSSR count). The molecule has 1 aromatic carbocycles. The van der Waals surface area contributed by atoms with E-state index < -0.39 is 44.1 Å². The third-order valence-corrected chi connectivity index (χ3v) is 4.30. The van der Waals surface area contributed by atoms with Crippen LogP contribution in [0.2, 0.25) is 5.02 Å². The van der Waals surface area contributed by atoms with E-state index in [0.717, 1.165) is 18.2 Å². The standard InChI is InChI=1S/C10H11ClN2O7S/c1-20-5-8(10(14)15)12-21(18,19)9-4-6(13(16)17)2-3-7(9)11/h2-4,8,12H,5H2,1H3,(H,14,15). The van der Waals surface area contributed by atoms with Gasteiger partial charge in [0.05, 0.1) is 16.6 Å². The molecule has 116 valence electrons. The van der Waals surface area contributed by atoms with E-state index in [2.05, 4.69) is 4.74 Å². The number of carboxylic acids is 1. The third-order valence-electron chi connectivity index (χ3n) is 2.34. The molecule has 0 saturated carbocycles. The Kier molecular flexibility index (Phi) is 5.61. The lowest BCUT2D eigenvalue weighted by Gasteiger charge is -2.14. The molecule has 0 aliphatic rings. The van der Waals surface area contributed by atoms with Crippen molar-refractivity contribution in [2.45, 2.75) is 10.9 Å². The molecule has 1 atom stereocenters. The first-order valence-corrected chi connectivity index (χ1v) is 7.23. The van der Waals surface area contributed by atoms with Crippen molar-refractivity contribution in [2.24, 2.45) is 0 Å². The maximum absolute atomic E-state index is 12.1. The monoisotopic (exact) mass is 338 g/mol. The highest BCUT2D eigenvalue weighted by atomic mass is 35.5. The zero-order chi connectivity index (χ0) is 16.2. The molecule has 0 saturated heterocycles. The van der Waals surface area contributed by atoms with Crippen molar-refractivity contribution in [3.63, 3.8) is 0 Å². The SMILES string of the molecule is COCC(NS(=O)(=O)c1cc([N+](=O)[O-])ccc1Cl)C(=O)O. The van der Waals surface area contributed by atoms with E-state index >= 15 is 0 Å². The molecule has 1 unspecified atom stereocenters. The highest BCUT2D eigenvalue weighted by molar-refractivity contribution is 7.89. The second-order valence-corrected chi connectivity index (χ2v) is 5.93. The predicted octanol–water partition coefficient (Wildman–Crippen LogP) is 0.626. The normalized spacial score (nSPS) is 12.9. The zero-order valence-corrected chi connectivity index (χ0v) is 12.2. The van der Waals surface area contributed by atoms with Crippen LogP contribution >= 0.6 is 11.6 Å². The summed E-state index contributed by atoms with van der Waals surface area (Å²) in [5.41, 5.74) is -0.488. The number of nitrogens with zero attached hydrogens (tertiary/aromatic N) is 1. The molecule has 0 aliphatic carbocycles. The van der Waals surface area contributed by atoms with Crippen LogP contribution in [0.5, 0.6) is 0 Å². The van der Waals surface area contributed by atoms with Gasteiger partial charge < -0.3 is 9.84 Å². The van der Waals surface area contributed by atoms with E-state index in [-0.39, 0.29) is 5.02 Å². The van der Waals surface area contributed by atoms with Crippen LogP contribution in [0.4, 0.5) is 5.69 Å². The van der Waals surface area contributed by atoms with Crippen LogP contribution in [0.25, 0.3) is 0 Å². The second kappa shape index (κ2) is 6.80. The average molecular weight is 339 g/mol. The Morgan fingerprint density at radius 2 is 2.19 bits per heavy atom. The summed E-state index contributed by atoms with van der Waals surface area (Å²) in [5.74, 6) is -1.46. The van der Waals surface area contributed by atoms with E-state index in [0.29, 0.717) is 0 Å². The highest BCUT2D eigenvalue weighted by Crippen LogP contribution is 2.26. The van der Waals surface area contributed by atoms with Crippen LogP contribution in [0, 0.1) is 10.1 Å². The predicted molar refractivity (Wildman–Crippen MR) is 71.7 cm³/mol. The van der Waals surface area contributed by atoms with E-state index in [9.17, 15) is 23.3 Å². The Balaban J connectivity index is 3.21. The number of hydrogen-bond donors (Lipinski definition) is 2. The van der Waals surface area contributed by atoms with Gasteiger partial charge in [0.25, 0.3) is 5.69 Å². The van der Waals surface area contributed by atoms with Gasteiger partial charge in [0.15, 0.2) is 0 Å². The Morgan fingerprint density at radius 1 is 1.57 bits per heavy atom. The van der Waals surface area contributed by atoms with Gasteiger partial charge in [-0.25, -0.2) is 8.42 Å². The number of halogens is 1. The molecule has 0 heterocycles. The minimum Gasteiger partial charge on any atom is -0.480 e. The number of methoxy groups -OCH3 is 1. The van der Waals surface area contributed by atoms with Gasteiger partial charge in [-0.2, -0.15) is 4.72 Å². The average Bonchev–Trinajstić information content (AvgIpc) is 2.37. The zero-order valence-electron chi connectivity index (χ0n) is 10.6. The van der Waals surface area contributed by atoms with Gasteiger partial charge in [-0.1, -0.05) is 11.6 Å². The molecule has 0 aromatic heterocycles. The van der Waals surface area contributed by atoms with Crippen molar-refractivity contribution in [1.29, 1.82) is 0 Å². The smallest absolute Gasteiger partial charge is 0.324 e. The Hall–Kier alpha value is -1.75. The maximum Gasteiger partial charge on any atom is 0.324 e. The molecule has 0 radical (unpaired) electrons. The van der Waals surface area contributed by atoms with Crippen molar-refractivity contribution < 1.29 is 28.0 Å². The van der Waals surface area contributed by atoms with Gasteiger partial charge in [-0.15, -0.1) is 0 Å². The van der Waals surface area contributed by atoms with Crippen molar-refractivity contribution in [3.05, 3.63) is 33.3 Å². The van der Waals surface area contributed by atoms with Crippen LogP contribution in [0.15, 0.2) is 23.1 Å². The van der Waals surface area contributed by atoms with E-state index in [4.69, 9.17) is 16.7 Å². The molecule has 9 nitrogen and oxygen atoms in total. The van der Waals surface area contributed by atoms with Crippen LogP contribution in [0.3, 0.4) is 0 Å². The number of benzene rings is 1. The second-order valence-electron chi connectivity index (χ2n) is 3.84. The highest BCUT2D eigenvalue weighted by Gasteiger charge is 2.28. The fourth-order valence-electron chi connectivity index (χ4n) is 1.38. The van der Waals surface area contributed by atoms with E-state index in [1.54, 1.807) is 0 Å². The molecule has 11 heteroatoms.